The molecule has 94 valence electrons. The van der Waals surface area contributed by atoms with Gasteiger partial charge in [-0.1, -0.05) is 30.9 Å². The topological polar surface area (TPSA) is 69.9 Å². The van der Waals surface area contributed by atoms with E-state index in [9.17, 15) is 10.1 Å². The molecule has 1 aliphatic heterocycles. The molecule has 1 aliphatic rings. The van der Waals surface area contributed by atoms with Gasteiger partial charge in [0.15, 0.2) is 0 Å². The fourth-order valence-corrected chi connectivity index (χ4v) is 1.99. The molecule has 0 radical (unpaired) electrons. The van der Waals surface area contributed by atoms with E-state index in [-0.39, 0.29) is 12.4 Å². The molecular weight excluding hydrogens is 231 g/mol. The smallest absolute Gasteiger partial charge is 0.491 e. The van der Waals surface area contributed by atoms with Gasteiger partial charge in [0, 0.05) is 5.56 Å². The summed E-state index contributed by atoms with van der Waals surface area (Å²) in [4.78, 5) is 0. The molecule has 5 heteroatoms. The zero-order valence-corrected chi connectivity index (χ0v) is 9.91. The molecule has 1 aromatic rings. The fourth-order valence-electron chi connectivity index (χ4n) is 1.99. The monoisotopic (exact) mass is 246 g/mol. The average Bonchev–Trinajstić information content (AvgIpc) is 2.38. The fraction of sp³-hybridized carbons (Fsp3) is 0.231. The minimum absolute atomic E-state index is 0.146. The molecule has 0 saturated heterocycles. The van der Waals surface area contributed by atoms with Gasteiger partial charge in [0.2, 0.25) is 0 Å². The molecule has 0 amide bonds. The summed E-state index contributed by atoms with van der Waals surface area (Å²) in [6, 6.07) is 6.87. The third kappa shape index (κ3) is 2.48. The molecule has 0 fully saturated rings. The van der Waals surface area contributed by atoms with Gasteiger partial charge >= 0.3 is 7.12 Å². The van der Waals surface area contributed by atoms with Gasteiger partial charge in [-0.3, -0.25) is 0 Å². The maximum atomic E-state index is 9.85. The van der Waals surface area contributed by atoms with E-state index in [1.807, 2.05) is 0 Å². The van der Waals surface area contributed by atoms with Crippen LogP contribution in [0.25, 0.3) is 0 Å². The molecule has 0 bridgehead atoms. The molecule has 0 aliphatic carbocycles. The van der Waals surface area contributed by atoms with Gasteiger partial charge in [-0.25, -0.2) is 0 Å². The molecule has 0 saturated carbocycles. The van der Waals surface area contributed by atoms with Gasteiger partial charge < -0.3 is 19.9 Å². The van der Waals surface area contributed by atoms with Crippen LogP contribution in [0.2, 0.25) is 0 Å². The minimum Gasteiger partial charge on any atom is -0.508 e. The van der Waals surface area contributed by atoms with Crippen LogP contribution in [0.3, 0.4) is 0 Å². The number of aliphatic hydroxyl groups is 1. The maximum absolute atomic E-state index is 9.85. The summed E-state index contributed by atoms with van der Waals surface area (Å²) in [6.45, 7) is 3.44. The van der Waals surface area contributed by atoms with Gasteiger partial charge in [-0.05, 0) is 23.5 Å². The number of aromatic hydroxyl groups is 1. The maximum Gasteiger partial charge on any atom is 0.491 e. The van der Waals surface area contributed by atoms with Crippen molar-refractivity contribution in [1.82, 2.24) is 0 Å². The molecule has 0 aromatic heterocycles. The molecule has 3 N–H and O–H groups in total. The second kappa shape index (κ2) is 5.39. The summed E-state index contributed by atoms with van der Waals surface area (Å²) < 4.78 is 5.44. The summed E-state index contributed by atoms with van der Waals surface area (Å²) >= 11 is 0. The summed E-state index contributed by atoms with van der Waals surface area (Å²) in [7, 11) is -1.12. The van der Waals surface area contributed by atoms with Crippen molar-refractivity contribution in [2.24, 2.45) is 0 Å². The molecule has 2 rings (SSSR count). The average molecular weight is 246 g/mol. The lowest BCUT2D eigenvalue weighted by molar-refractivity contribution is 0.164. The minimum atomic E-state index is -1.12. The van der Waals surface area contributed by atoms with Crippen LogP contribution in [0.5, 0.6) is 5.75 Å². The number of benzene rings is 1. The van der Waals surface area contributed by atoms with Crippen molar-refractivity contribution in [3.63, 3.8) is 0 Å². The lowest BCUT2D eigenvalue weighted by atomic mass is 9.71. The molecule has 1 unspecified atom stereocenters. The van der Waals surface area contributed by atoms with Gasteiger partial charge in [0.05, 0.1) is 12.7 Å². The Hall–Kier alpha value is -1.56. The van der Waals surface area contributed by atoms with Crippen molar-refractivity contribution < 1.29 is 19.9 Å². The largest absolute Gasteiger partial charge is 0.508 e. The van der Waals surface area contributed by atoms with Crippen LogP contribution in [0.15, 0.2) is 48.0 Å². The number of phenolic OH excluding ortho intramolecular Hbond substituents is 1. The third-order valence-corrected chi connectivity index (χ3v) is 2.99. The van der Waals surface area contributed by atoms with Crippen molar-refractivity contribution >= 4 is 7.12 Å². The number of aliphatic hydroxyl groups excluding tert-OH is 1. The quantitative estimate of drug-likeness (QED) is 0.704. The molecule has 4 nitrogen and oxygen atoms in total. The number of hydrogen-bond acceptors (Lipinski definition) is 4. The Labute approximate surface area is 106 Å². The molecule has 1 heterocycles. The van der Waals surface area contributed by atoms with Crippen LogP contribution in [0, 0.1) is 0 Å². The first-order valence-corrected chi connectivity index (χ1v) is 5.74. The normalized spacial score (nSPS) is 19.6. The Bertz CT molecular complexity index is 484. The highest BCUT2D eigenvalue weighted by Gasteiger charge is 2.31. The summed E-state index contributed by atoms with van der Waals surface area (Å²) in [5.74, 6) is 0.146. The van der Waals surface area contributed by atoms with E-state index < -0.39 is 13.2 Å². The van der Waals surface area contributed by atoms with Crippen LogP contribution in [-0.2, 0) is 4.65 Å². The van der Waals surface area contributed by atoms with Crippen molar-refractivity contribution in [2.45, 2.75) is 12.5 Å². The number of hydrogen-bond donors (Lipinski definition) is 3. The van der Waals surface area contributed by atoms with Crippen molar-refractivity contribution in [2.75, 3.05) is 6.61 Å². The zero-order chi connectivity index (χ0) is 13.1. The molecule has 0 spiro atoms. The Morgan fingerprint density at radius 2 is 2.17 bits per heavy atom. The van der Waals surface area contributed by atoms with E-state index in [1.165, 1.54) is 0 Å². The van der Waals surface area contributed by atoms with Crippen LogP contribution >= 0.6 is 0 Å². The predicted octanol–water partition coefficient (Wildman–Crippen LogP) is 1.35. The van der Waals surface area contributed by atoms with E-state index in [0.29, 0.717) is 23.0 Å². The van der Waals surface area contributed by atoms with Crippen LogP contribution < -0.4 is 0 Å². The van der Waals surface area contributed by atoms with Gasteiger partial charge in [-0.15, -0.1) is 0 Å². The molecule has 1 atom stereocenters. The van der Waals surface area contributed by atoms with Gasteiger partial charge in [-0.2, -0.15) is 0 Å². The van der Waals surface area contributed by atoms with Crippen LogP contribution in [-0.4, -0.2) is 29.0 Å². The third-order valence-electron chi connectivity index (χ3n) is 2.99. The molecule has 18 heavy (non-hydrogen) atoms. The first-order valence-electron chi connectivity index (χ1n) is 5.74. The van der Waals surface area contributed by atoms with Crippen molar-refractivity contribution in [3.05, 3.63) is 53.5 Å². The lowest BCUT2D eigenvalue weighted by Crippen LogP contribution is -2.29. The van der Waals surface area contributed by atoms with Crippen molar-refractivity contribution in [3.8, 4) is 5.75 Å². The van der Waals surface area contributed by atoms with Crippen LogP contribution in [0.4, 0.5) is 0 Å². The highest BCUT2D eigenvalue weighted by Crippen LogP contribution is 2.34. The van der Waals surface area contributed by atoms with Crippen molar-refractivity contribution in [1.29, 1.82) is 0 Å². The second-order valence-corrected chi connectivity index (χ2v) is 4.19. The van der Waals surface area contributed by atoms with Crippen LogP contribution in [0.1, 0.15) is 18.1 Å². The first kappa shape index (κ1) is 12.9. The number of phenols is 1. The number of para-hydroxylation sites is 1. The molecular formula is C13H15BO4. The first-order chi connectivity index (χ1) is 8.63. The van der Waals surface area contributed by atoms with E-state index in [0.717, 1.165) is 0 Å². The van der Waals surface area contributed by atoms with E-state index in [1.54, 1.807) is 30.3 Å². The summed E-state index contributed by atoms with van der Waals surface area (Å²) in [5.41, 5.74) is 1.59. The Morgan fingerprint density at radius 1 is 1.44 bits per heavy atom. The summed E-state index contributed by atoms with van der Waals surface area (Å²) in [5, 5.41) is 28.6. The second-order valence-electron chi connectivity index (χ2n) is 4.19. The molecule has 1 aromatic carbocycles. The Balaban J connectivity index is 2.20. The zero-order valence-electron chi connectivity index (χ0n) is 9.91. The number of rotatable bonds is 3. The highest BCUT2D eigenvalue weighted by atomic mass is 16.5. The van der Waals surface area contributed by atoms with E-state index in [4.69, 9.17) is 9.76 Å². The standard InChI is InChI=1S/C13H15BO4/c1-9(8-15)11-6-7-13(18-14(11)17)10-4-2-3-5-12(10)16/h2-6,13,15-17H,1,7-8H2. The summed E-state index contributed by atoms with van der Waals surface area (Å²) in [6.07, 6.45) is 1.91. The predicted molar refractivity (Wildman–Crippen MR) is 68.8 cm³/mol. The van der Waals surface area contributed by atoms with E-state index in [2.05, 4.69) is 6.58 Å². The highest BCUT2D eigenvalue weighted by molar-refractivity contribution is 6.54. The lowest BCUT2D eigenvalue weighted by Gasteiger charge is -2.26. The van der Waals surface area contributed by atoms with E-state index >= 15 is 0 Å². The SMILES string of the molecule is C=C(CO)C1=CCC(c2ccccc2O)OB1O. The van der Waals surface area contributed by atoms with Gasteiger partial charge in [0.25, 0.3) is 0 Å². The Morgan fingerprint density at radius 3 is 2.78 bits per heavy atom. The Kier molecular flexibility index (Phi) is 3.86. The van der Waals surface area contributed by atoms with Gasteiger partial charge in [0.1, 0.15) is 5.75 Å².